The molecule has 1 aliphatic rings. The summed E-state index contributed by atoms with van der Waals surface area (Å²) < 4.78 is 10.6. The monoisotopic (exact) mass is 285 g/mol. The maximum atomic E-state index is 10.0. The fourth-order valence-corrected chi connectivity index (χ4v) is 2.60. The summed E-state index contributed by atoms with van der Waals surface area (Å²) in [6, 6.07) is 3.34. The third-order valence-corrected chi connectivity index (χ3v) is 4.02. The Morgan fingerprint density at radius 1 is 1.37 bits per heavy atom. The van der Waals surface area contributed by atoms with E-state index in [1.807, 2.05) is 0 Å². The van der Waals surface area contributed by atoms with Crippen molar-refractivity contribution >= 4 is 11.6 Å². The van der Waals surface area contributed by atoms with E-state index in [0.717, 1.165) is 24.9 Å². The fourth-order valence-electron chi connectivity index (χ4n) is 2.37. The van der Waals surface area contributed by atoms with E-state index < -0.39 is 0 Å². The molecule has 2 N–H and O–H groups in total. The van der Waals surface area contributed by atoms with Crippen molar-refractivity contribution in [3.63, 3.8) is 0 Å². The quantitative estimate of drug-likeness (QED) is 0.844. The van der Waals surface area contributed by atoms with Gasteiger partial charge in [-0.05, 0) is 25.3 Å². The highest BCUT2D eigenvalue weighted by molar-refractivity contribution is 6.30. The van der Waals surface area contributed by atoms with E-state index in [2.05, 4.69) is 5.32 Å². The number of phenols is 1. The molecule has 0 heterocycles. The molecule has 1 saturated carbocycles. The van der Waals surface area contributed by atoms with E-state index in [0.29, 0.717) is 17.3 Å². The molecular weight excluding hydrogens is 266 g/mol. The van der Waals surface area contributed by atoms with Crippen LogP contribution in [0.5, 0.6) is 11.5 Å². The van der Waals surface area contributed by atoms with Gasteiger partial charge in [0, 0.05) is 36.9 Å². The summed E-state index contributed by atoms with van der Waals surface area (Å²) >= 11 is 5.99. The molecule has 1 aromatic carbocycles. The smallest absolute Gasteiger partial charge is 0.162 e. The van der Waals surface area contributed by atoms with Crippen molar-refractivity contribution in [1.82, 2.24) is 5.32 Å². The highest BCUT2D eigenvalue weighted by atomic mass is 35.5. The summed E-state index contributed by atoms with van der Waals surface area (Å²) in [7, 11) is 3.26. The lowest BCUT2D eigenvalue weighted by atomic mass is 9.80. The van der Waals surface area contributed by atoms with Crippen LogP contribution >= 0.6 is 11.6 Å². The first kappa shape index (κ1) is 14.4. The number of nitrogens with one attached hydrogen (secondary N) is 1. The molecule has 2 rings (SSSR count). The van der Waals surface area contributed by atoms with Crippen LogP contribution in [0.3, 0.4) is 0 Å². The van der Waals surface area contributed by atoms with Gasteiger partial charge in [-0.15, -0.1) is 0 Å². The van der Waals surface area contributed by atoms with E-state index in [-0.39, 0.29) is 11.4 Å². The Morgan fingerprint density at radius 3 is 2.63 bits per heavy atom. The summed E-state index contributed by atoms with van der Waals surface area (Å²) in [5, 5.41) is 13.9. The van der Waals surface area contributed by atoms with Gasteiger partial charge < -0.3 is 19.9 Å². The number of phenolic OH excluding ortho intramolecular Hbond substituents is 1. The molecule has 1 fully saturated rings. The lowest BCUT2D eigenvalue weighted by Gasteiger charge is -2.40. The minimum atomic E-state index is -0.0295. The zero-order valence-corrected chi connectivity index (χ0v) is 12.1. The maximum absolute atomic E-state index is 10.0. The molecule has 106 valence electrons. The fraction of sp³-hybridized carbons (Fsp3) is 0.571. The Morgan fingerprint density at radius 2 is 2.11 bits per heavy atom. The predicted molar refractivity (Wildman–Crippen MR) is 75.0 cm³/mol. The molecule has 0 aliphatic heterocycles. The van der Waals surface area contributed by atoms with Crippen LogP contribution in [0.15, 0.2) is 12.1 Å². The van der Waals surface area contributed by atoms with Gasteiger partial charge in [0.25, 0.3) is 0 Å². The lowest BCUT2D eigenvalue weighted by Crippen LogP contribution is -2.47. The molecule has 0 spiro atoms. The number of rotatable bonds is 6. The molecular formula is C14H20ClNO3. The Labute approximate surface area is 118 Å². The molecule has 0 unspecified atom stereocenters. The summed E-state index contributed by atoms with van der Waals surface area (Å²) in [6.07, 6.45) is 3.38. The first-order chi connectivity index (χ1) is 9.10. The maximum Gasteiger partial charge on any atom is 0.162 e. The van der Waals surface area contributed by atoms with Crippen molar-refractivity contribution in [3.05, 3.63) is 22.7 Å². The average molecular weight is 286 g/mol. The van der Waals surface area contributed by atoms with Gasteiger partial charge in [0.05, 0.1) is 12.7 Å². The van der Waals surface area contributed by atoms with Gasteiger partial charge in [-0.2, -0.15) is 0 Å². The van der Waals surface area contributed by atoms with Crippen LogP contribution in [0.2, 0.25) is 5.02 Å². The van der Waals surface area contributed by atoms with Gasteiger partial charge in [0.1, 0.15) is 0 Å². The first-order valence-corrected chi connectivity index (χ1v) is 6.79. The predicted octanol–water partition coefficient (Wildman–Crippen LogP) is 2.71. The molecule has 1 aliphatic carbocycles. The van der Waals surface area contributed by atoms with Gasteiger partial charge in [-0.25, -0.2) is 0 Å². The number of aromatic hydroxyl groups is 1. The Kier molecular flexibility index (Phi) is 4.55. The number of hydrogen-bond donors (Lipinski definition) is 2. The Balaban J connectivity index is 1.97. The molecule has 1 aromatic rings. The SMILES string of the molecule is COc1cc(Cl)cc(CNCC2(OC)CCC2)c1O. The molecule has 0 radical (unpaired) electrons. The zero-order chi connectivity index (χ0) is 13.9. The molecule has 0 amide bonds. The number of ether oxygens (including phenoxy) is 2. The normalized spacial score (nSPS) is 17.0. The lowest BCUT2D eigenvalue weighted by molar-refractivity contribution is -0.0695. The molecule has 0 saturated heterocycles. The third kappa shape index (κ3) is 3.14. The van der Waals surface area contributed by atoms with Gasteiger partial charge >= 0.3 is 0 Å². The zero-order valence-electron chi connectivity index (χ0n) is 11.3. The molecule has 0 atom stereocenters. The van der Waals surface area contributed by atoms with Crippen LogP contribution in [0.25, 0.3) is 0 Å². The highest BCUT2D eigenvalue weighted by Crippen LogP contribution is 2.35. The van der Waals surface area contributed by atoms with Gasteiger partial charge in [0.15, 0.2) is 11.5 Å². The Bertz CT molecular complexity index is 441. The minimum absolute atomic E-state index is 0.0295. The molecule has 19 heavy (non-hydrogen) atoms. The second-order valence-electron chi connectivity index (χ2n) is 4.96. The van der Waals surface area contributed by atoms with E-state index in [9.17, 15) is 5.11 Å². The molecule has 0 bridgehead atoms. The largest absolute Gasteiger partial charge is 0.504 e. The summed E-state index contributed by atoms with van der Waals surface area (Å²) in [5.41, 5.74) is 0.702. The van der Waals surface area contributed by atoms with Crippen LogP contribution in [0.4, 0.5) is 0 Å². The van der Waals surface area contributed by atoms with Crippen molar-refractivity contribution in [2.24, 2.45) is 0 Å². The first-order valence-electron chi connectivity index (χ1n) is 6.41. The standard InChI is InChI=1S/C14H20ClNO3/c1-18-12-7-11(15)6-10(13(12)17)8-16-9-14(19-2)4-3-5-14/h6-7,16-17H,3-5,8-9H2,1-2H3. The van der Waals surface area contributed by atoms with Crippen molar-refractivity contribution < 1.29 is 14.6 Å². The van der Waals surface area contributed by atoms with E-state index >= 15 is 0 Å². The van der Waals surface area contributed by atoms with Crippen molar-refractivity contribution in [2.45, 2.75) is 31.4 Å². The average Bonchev–Trinajstić information content (AvgIpc) is 2.36. The number of hydrogen-bond acceptors (Lipinski definition) is 4. The third-order valence-electron chi connectivity index (χ3n) is 3.80. The number of methoxy groups -OCH3 is 2. The summed E-state index contributed by atoms with van der Waals surface area (Å²) in [4.78, 5) is 0. The summed E-state index contributed by atoms with van der Waals surface area (Å²) in [5.74, 6) is 0.536. The van der Waals surface area contributed by atoms with Crippen molar-refractivity contribution in [3.8, 4) is 11.5 Å². The van der Waals surface area contributed by atoms with E-state index in [4.69, 9.17) is 21.1 Å². The van der Waals surface area contributed by atoms with Crippen LogP contribution in [0.1, 0.15) is 24.8 Å². The highest BCUT2D eigenvalue weighted by Gasteiger charge is 2.36. The van der Waals surface area contributed by atoms with Crippen molar-refractivity contribution in [1.29, 1.82) is 0 Å². The summed E-state index contributed by atoms with van der Waals surface area (Å²) in [6.45, 7) is 1.31. The van der Waals surface area contributed by atoms with Gasteiger partial charge in [-0.1, -0.05) is 11.6 Å². The second-order valence-corrected chi connectivity index (χ2v) is 5.40. The van der Waals surface area contributed by atoms with Crippen LogP contribution in [-0.2, 0) is 11.3 Å². The Hall–Kier alpha value is -0.970. The van der Waals surface area contributed by atoms with Crippen LogP contribution in [-0.4, -0.2) is 31.5 Å². The molecule has 5 heteroatoms. The molecule has 0 aromatic heterocycles. The van der Waals surface area contributed by atoms with Crippen LogP contribution in [0, 0.1) is 0 Å². The number of benzene rings is 1. The minimum Gasteiger partial charge on any atom is -0.504 e. The van der Waals surface area contributed by atoms with E-state index in [1.165, 1.54) is 13.5 Å². The number of halogens is 1. The van der Waals surface area contributed by atoms with Crippen LogP contribution < -0.4 is 10.1 Å². The van der Waals surface area contributed by atoms with E-state index in [1.54, 1.807) is 19.2 Å². The van der Waals surface area contributed by atoms with Gasteiger partial charge in [-0.3, -0.25) is 0 Å². The van der Waals surface area contributed by atoms with Crippen molar-refractivity contribution in [2.75, 3.05) is 20.8 Å². The van der Waals surface area contributed by atoms with Gasteiger partial charge in [0.2, 0.25) is 0 Å². The topological polar surface area (TPSA) is 50.7 Å². The molecule has 4 nitrogen and oxygen atoms in total. The second kappa shape index (κ2) is 5.99.